The van der Waals surface area contributed by atoms with Crippen molar-refractivity contribution in [1.29, 1.82) is 0 Å². The fourth-order valence-corrected chi connectivity index (χ4v) is 6.22. The van der Waals surface area contributed by atoms with Crippen LogP contribution in [-0.2, 0) is 18.0 Å². The molecule has 258 valence electrons. The van der Waals surface area contributed by atoms with Crippen molar-refractivity contribution in [2.24, 2.45) is 13.0 Å². The molecule has 3 amide bonds. The van der Waals surface area contributed by atoms with Crippen LogP contribution < -0.4 is 16.4 Å². The first-order valence-electron chi connectivity index (χ1n) is 15.3. The summed E-state index contributed by atoms with van der Waals surface area (Å²) in [6, 6.07) is 6.67. The second-order valence-corrected chi connectivity index (χ2v) is 12.1. The van der Waals surface area contributed by atoms with Crippen LogP contribution in [0.5, 0.6) is 0 Å². The maximum absolute atomic E-state index is 14.4. The molecule has 13 nitrogen and oxygen atoms in total. The van der Waals surface area contributed by atoms with Gasteiger partial charge in [0.15, 0.2) is 11.5 Å². The lowest BCUT2D eigenvalue weighted by atomic mass is 9.96. The first-order chi connectivity index (χ1) is 23.3. The Morgan fingerprint density at radius 3 is 2.39 bits per heavy atom. The van der Waals surface area contributed by atoms with Gasteiger partial charge in [-0.25, -0.2) is 14.6 Å². The van der Waals surface area contributed by atoms with Gasteiger partial charge in [-0.05, 0) is 56.3 Å². The number of amides is 3. The molecule has 5 heterocycles. The fourth-order valence-electron chi connectivity index (χ4n) is 5.96. The van der Waals surface area contributed by atoms with Crippen molar-refractivity contribution >= 4 is 40.8 Å². The summed E-state index contributed by atoms with van der Waals surface area (Å²) in [5.74, 6) is -2.50. The van der Waals surface area contributed by atoms with Crippen LogP contribution in [0.15, 0.2) is 42.7 Å². The highest BCUT2D eigenvalue weighted by Gasteiger charge is 2.39. The maximum atomic E-state index is 14.4. The highest BCUT2D eigenvalue weighted by atomic mass is 35.5. The summed E-state index contributed by atoms with van der Waals surface area (Å²) < 4.78 is 58.3. The zero-order chi connectivity index (χ0) is 35.0. The summed E-state index contributed by atoms with van der Waals surface area (Å²) in [5.41, 5.74) is 3.60. The zero-order valence-corrected chi connectivity index (χ0v) is 26.9. The number of aromatic nitrogens is 5. The summed E-state index contributed by atoms with van der Waals surface area (Å²) in [6.07, 6.45) is -1.31. The summed E-state index contributed by atoms with van der Waals surface area (Å²) >= 11 is 6.46. The number of nitrogens with zero attached hydrogens (tertiary/aromatic N) is 7. The summed E-state index contributed by atoms with van der Waals surface area (Å²) in [4.78, 5) is 50.2. The molecule has 6 rings (SSSR count). The van der Waals surface area contributed by atoms with E-state index in [9.17, 15) is 31.9 Å². The van der Waals surface area contributed by atoms with Crippen LogP contribution in [0.2, 0.25) is 5.02 Å². The van der Waals surface area contributed by atoms with Crippen molar-refractivity contribution in [3.05, 3.63) is 70.8 Å². The second-order valence-electron chi connectivity index (χ2n) is 11.7. The molecule has 0 unspecified atom stereocenters. The smallest absolute Gasteiger partial charge is 0.384 e. The third-order valence-corrected chi connectivity index (χ3v) is 8.88. The van der Waals surface area contributed by atoms with Crippen LogP contribution in [0.1, 0.15) is 39.5 Å². The van der Waals surface area contributed by atoms with Crippen molar-refractivity contribution < 1.29 is 31.9 Å². The molecule has 0 saturated carbocycles. The molecule has 2 saturated heterocycles. The molecule has 4 N–H and O–H groups in total. The van der Waals surface area contributed by atoms with E-state index in [1.165, 1.54) is 31.3 Å². The molecule has 0 spiro atoms. The van der Waals surface area contributed by atoms with E-state index in [1.807, 2.05) is 0 Å². The number of alkyl halides is 3. The Morgan fingerprint density at radius 1 is 1.04 bits per heavy atom. The molecule has 0 atom stereocenters. The monoisotopic (exact) mass is 702 g/mol. The quantitative estimate of drug-likeness (QED) is 0.203. The van der Waals surface area contributed by atoms with Gasteiger partial charge >= 0.3 is 6.18 Å². The number of piperazine rings is 1. The zero-order valence-electron chi connectivity index (χ0n) is 26.1. The predicted molar refractivity (Wildman–Crippen MR) is 170 cm³/mol. The van der Waals surface area contributed by atoms with Gasteiger partial charge in [0.25, 0.3) is 11.8 Å². The number of carbonyl (C=O) groups is 3. The number of benzene rings is 1. The lowest BCUT2D eigenvalue weighted by Crippen LogP contribution is -2.52. The van der Waals surface area contributed by atoms with Crippen LogP contribution in [-0.4, -0.2) is 91.1 Å². The minimum Gasteiger partial charge on any atom is -0.384 e. The number of carbonyl (C=O) groups excluding carboxylic acids is 3. The summed E-state index contributed by atoms with van der Waals surface area (Å²) in [7, 11) is 1.34. The average Bonchev–Trinajstić information content (AvgIpc) is 3.68. The average molecular weight is 703 g/mol. The Labute approximate surface area is 282 Å². The van der Waals surface area contributed by atoms with E-state index < -0.39 is 29.3 Å². The van der Waals surface area contributed by atoms with Crippen molar-refractivity contribution in [1.82, 2.24) is 39.4 Å². The molecule has 18 heteroatoms. The summed E-state index contributed by atoms with van der Waals surface area (Å²) in [6.45, 7) is 3.18. The summed E-state index contributed by atoms with van der Waals surface area (Å²) in [5, 5.41) is 9.46. The van der Waals surface area contributed by atoms with Crippen LogP contribution in [0.25, 0.3) is 16.9 Å². The number of anilines is 2. The first kappa shape index (κ1) is 33.9. The van der Waals surface area contributed by atoms with Crippen molar-refractivity contribution in [3.63, 3.8) is 0 Å². The van der Waals surface area contributed by atoms with Gasteiger partial charge in [-0.15, -0.1) is 0 Å². The van der Waals surface area contributed by atoms with E-state index in [1.54, 1.807) is 9.80 Å². The molecular weight excluding hydrogens is 672 g/mol. The van der Waals surface area contributed by atoms with Crippen molar-refractivity contribution in [2.75, 3.05) is 50.3 Å². The molecule has 3 aromatic heterocycles. The van der Waals surface area contributed by atoms with Gasteiger partial charge in [0.2, 0.25) is 11.9 Å². The predicted octanol–water partition coefficient (Wildman–Crippen LogP) is 3.60. The molecule has 49 heavy (non-hydrogen) atoms. The lowest BCUT2D eigenvalue weighted by Gasteiger charge is -2.37. The molecule has 1 aromatic carbocycles. The molecule has 0 aliphatic carbocycles. The van der Waals surface area contributed by atoms with Gasteiger partial charge in [0, 0.05) is 51.0 Å². The third-order valence-electron chi connectivity index (χ3n) is 8.57. The number of hydrogen-bond acceptors (Lipinski definition) is 8. The number of imidazole rings is 1. The van der Waals surface area contributed by atoms with E-state index in [4.69, 9.17) is 17.3 Å². The van der Waals surface area contributed by atoms with Crippen molar-refractivity contribution in [2.45, 2.75) is 19.0 Å². The number of nitrogen functional groups attached to an aromatic ring is 1. The number of piperidine rings is 1. The lowest BCUT2D eigenvalue weighted by molar-refractivity contribution is -0.141. The second kappa shape index (κ2) is 13.5. The van der Waals surface area contributed by atoms with Gasteiger partial charge in [-0.2, -0.15) is 22.7 Å². The number of nitrogens with two attached hydrogens (primary N) is 1. The van der Waals surface area contributed by atoms with Crippen molar-refractivity contribution in [3.8, 4) is 16.9 Å². The Hall–Kier alpha value is -5.03. The SMILES string of the molecule is Cn1c(-c2cn(-c3ccc(N)nc3F)nc2C(F)(F)F)cnc1C(=O)Nc1ccc(C(=O)N2CCN(C(=O)C3CCNCC3)CC2)c(Cl)c1. The Bertz CT molecular complexity index is 1910. The van der Waals surface area contributed by atoms with Crippen LogP contribution in [0, 0.1) is 11.9 Å². The normalized spacial score (nSPS) is 15.8. The van der Waals surface area contributed by atoms with Gasteiger partial charge < -0.3 is 30.7 Å². The highest BCUT2D eigenvalue weighted by molar-refractivity contribution is 6.34. The third kappa shape index (κ3) is 6.94. The molecular formula is C31H31ClF4N10O3. The van der Waals surface area contributed by atoms with Crippen LogP contribution in [0.4, 0.5) is 29.1 Å². The first-order valence-corrected chi connectivity index (χ1v) is 15.7. The van der Waals surface area contributed by atoms with Gasteiger partial charge in [-0.3, -0.25) is 14.4 Å². The topological polar surface area (TPSA) is 156 Å². The minimum atomic E-state index is -4.93. The highest BCUT2D eigenvalue weighted by Crippen LogP contribution is 2.37. The van der Waals surface area contributed by atoms with Gasteiger partial charge in [0.05, 0.1) is 28.0 Å². The number of rotatable bonds is 6. The van der Waals surface area contributed by atoms with Gasteiger partial charge in [-0.1, -0.05) is 11.6 Å². The minimum absolute atomic E-state index is 0.00144. The molecule has 2 aliphatic rings. The van der Waals surface area contributed by atoms with E-state index >= 15 is 0 Å². The molecule has 0 bridgehead atoms. The maximum Gasteiger partial charge on any atom is 0.435 e. The number of halogens is 5. The van der Waals surface area contributed by atoms with E-state index in [-0.39, 0.29) is 57.0 Å². The number of nitrogens with one attached hydrogen (secondary N) is 2. The van der Waals surface area contributed by atoms with E-state index in [0.29, 0.717) is 30.9 Å². The number of pyridine rings is 1. The van der Waals surface area contributed by atoms with Gasteiger partial charge in [0.1, 0.15) is 11.5 Å². The van der Waals surface area contributed by atoms with E-state index in [0.717, 1.165) is 49.0 Å². The van der Waals surface area contributed by atoms with E-state index in [2.05, 4.69) is 25.7 Å². The Balaban J connectivity index is 1.14. The molecule has 0 radical (unpaired) electrons. The number of hydrogen-bond donors (Lipinski definition) is 3. The molecule has 2 aliphatic heterocycles. The fraction of sp³-hybridized carbons (Fsp3) is 0.355. The molecule has 2 fully saturated rings. The largest absolute Gasteiger partial charge is 0.435 e. The standard InChI is InChI=1S/C31H31ClF4N10O3/c1-43-23(20-16-46(42-25(20)31(34,35)36)22-4-5-24(37)41-26(22)33)15-39-27(43)28(47)40-18-2-3-19(21(32)14-18)30(49)45-12-10-44(11-13-45)29(48)17-6-8-38-9-7-17/h2-5,14-17,38H,6-13H2,1H3,(H2,37,41)(H,40,47). The Morgan fingerprint density at radius 2 is 1.73 bits per heavy atom. The van der Waals surface area contributed by atoms with Crippen LogP contribution in [0.3, 0.4) is 0 Å². The Kier molecular flexibility index (Phi) is 9.30. The van der Waals surface area contributed by atoms with Crippen LogP contribution >= 0.6 is 11.6 Å². The molecule has 4 aromatic rings.